The average Bonchev–Trinajstić information content (AvgIpc) is 2.29. The van der Waals surface area contributed by atoms with E-state index in [-0.39, 0.29) is 11.7 Å². The van der Waals surface area contributed by atoms with Gasteiger partial charge in [-0.15, -0.1) is 0 Å². The first-order valence-electron chi connectivity index (χ1n) is 5.05. The smallest absolute Gasteiger partial charge is 0.130 e. The Labute approximate surface area is 109 Å². The Bertz CT molecular complexity index is 505. The van der Waals surface area contributed by atoms with E-state index in [1.807, 2.05) is 38.1 Å². The van der Waals surface area contributed by atoms with Gasteiger partial charge in [-0.2, -0.15) is 10.5 Å². The zero-order valence-electron chi connectivity index (χ0n) is 9.57. The fraction of sp³-hybridized carbons (Fsp3) is 0.231. The minimum atomic E-state index is 0.0624. The maximum atomic E-state index is 8.71. The highest BCUT2D eigenvalue weighted by molar-refractivity contribution is 9.10. The van der Waals surface area contributed by atoms with Crippen molar-refractivity contribution < 1.29 is 4.74 Å². The molecule has 0 unspecified atom stereocenters. The molecule has 0 spiro atoms. The predicted molar refractivity (Wildman–Crippen MR) is 69.1 cm³/mol. The van der Waals surface area contributed by atoms with Crippen molar-refractivity contribution in [2.45, 2.75) is 20.0 Å². The van der Waals surface area contributed by atoms with Crippen molar-refractivity contribution in [3.63, 3.8) is 0 Å². The maximum absolute atomic E-state index is 8.71. The van der Waals surface area contributed by atoms with E-state index in [9.17, 15) is 0 Å². The van der Waals surface area contributed by atoms with Gasteiger partial charge < -0.3 is 4.74 Å². The van der Waals surface area contributed by atoms with Crippen LogP contribution >= 0.6 is 15.9 Å². The molecule has 0 heterocycles. The predicted octanol–water partition coefficient (Wildman–Crippen LogP) is 3.67. The highest BCUT2D eigenvalue weighted by Crippen LogP contribution is 2.25. The summed E-state index contributed by atoms with van der Waals surface area (Å²) in [5.74, 6) is 0.713. The molecule has 0 fully saturated rings. The molecule has 0 radical (unpaired) electrons. The lowest BCUT2D eigenvalue weighted by atomic mass is 10.1. The Kier molecular flexibility index (Phi) is 4.75. The molecule has 0 atom stereocenters. The van der Waals surface area contributed by atoms with Gasteiger partial charge in [-0.1, -0.05) is 15.9 Å². The number of nitrogens with zero attached hydrogens (tertiary/aromatic N) is 2. The molecule has 0 aliphatic rings. The van der Waals surface area contributed by atoms with Crippen LogP contribution in [0.15, 0.2) is 28.2 Å². The number of hydrogen-bond donors (Lipinski definition) is 0. The van der Waals surface area contributed by atoms with E-state index < -0.39 is 0 Å². The molecule has 1 rings (SSSR count). The van der Waals surface area contributed by atoms with E-state index in [4.69, 9.17) is 15.3 Å². The van der Waals surface area contributed by atoms with Crippen molar-refractivity contribution >= 4 is 22.0 Å². The van der Waals surface area contributed by atoms with Crippen LogP contribution < -0.4 is 4.74 Å². The Balaban J connectivity index is 3.12. The van der Waals surface area contributed by atoms with Crippen molar-refractivity contribution in [3.8, 4) is 17.9 Å². The summed E-state index contributed by atoms with van der Waals surface area (Å²) in [4.78, 5) is 0. The van der Waals surface area contributed by atoms with Crippen molar-refractivity contribution in [2.75, 3.05) is 0 Å². The summed E-state index contributed by atoms with van der Waals surface area (Å²) in [6.07, 6.45) is 1.61. The molecule has 17 heavy (non-hydrogen) atoms. The quantitative estimate of drug-likeness (QED) is 0.798. The van der Waals surface area contributed by atoms with Gasteiger partial charge in [0.2, 0.25) is 0 Å². The van der Waals surface area contributed by atoms with Gasteiger partial charge in [0.25, 0.3) is 0 Å². The monoisotopic (exact) mass is 290 g/mol. The Morgan fingerprint density at radius 2 is 2.00 bits per heavy atom. The largest absolute Gasteiger partial charge is 0.491 e. The number of nitriles is 2. The summed E-state index contributed by atoms with van der Waals surface area (Å²) in [7, 11) is 0. The molecule has 0 N–H and O–H groups in total. The number of ether oxygens (including phenoxy) is 1. The zero-order chi connectivity index (χ0) is 12.8. The van der Waals surface area contributed by atoms with Gasteiger partial charge in [0, 0.05) is 4.47 Å². The standard InChI is InChI=1S/C13H11BrN2O/c1-9(2)17-12-3-4-13(14)11(6-12)5-10(7-15)8-16/h3-6,9H,1-2H3. The van der Waals surface area contributed by atoms with Crippen LogP contribution in [0.1, 0.15) is 19.4 Å². The number of hydrogen-bond acceptors (Lipinski definition) is 3. The lowest BCUT2D eigenvalue weighted by molar-refractivity contribution is 0.242. The average molecular weight is 291 g/mol. The molecule has 0 saturated carbocycles. The third kappa shape index (κ3) is 3.94. The van der Waals surface area contributed by atoms with E-state index in [0.29, 0.717) is 5.75 Å². The van der Waals surface area contributed by atoms with E-state index in [1.165, 1.54) is 6.08 Å². The molecule has 3 nitrogen and oxygen atoms in total. The third-order valence-corrected chi connectivity index (χ3v) is 2.60. The van der Waals surface area contributed by atoms with Crippen molar-refractivity contribution in [1.29, 1.82) is 10.5 Å². The van der Waals surface area contributed by atoms with Crippen LogP contribution in [0.25, 0.3) is 6.08 Å². The fourth-order valence-electron chi connectivity index (χ4n) is 1.22. The van der Waals surface area contributed by atoms with Gasteiger partial charge in [0.1, 0.15) is 23.5 Å². The number of rotatable bonds is 3. The van der Waals surface area contributed by atoms with Crippen molar-refractivity contribution in [2.24, 2.45) is 0 Å². The fourth-order valence-corrected chi connectivity index (χ4v) is 1.58. The van der Waals surface area contributed by atoms with Crippen LogP contribution in [-0.2, 0) is 0 Å². The number of halogens is 1. The van der Waals surface area contributed by atoms with Gasteiger partial charge in [-0.25, -0.2) is 0 Å². The summed E-state index contributed by atoms with van der Waals surface area (Å²) >= 11 is 3.36. The van der Waals surface area contributed by atoms with Gasteiger partial charge in [-0.05, 0) is 43.7 Å². The first-order valence-corrected chi connectivity index (χ1v) is 5.84. The maximum Gasteiger partial charge on any atom is 0.130 e. The van der Waals surface area contributed by atoms with Crippen LogP contribution in [0.2, 0.25) is 0 Å². The highest BCUT2D eigenvalue weighted by Gasteiger charge is 2.03. The van der Waals surface area contributed by atoms with E-state index in [0.717, 1.165) is 10.0 Å². The molecule has 0 bridgehead atoms. The SMILES string of the molecule is CC(C)Oc1ccc(Br)c(C=C(C#N)C#N)c1. The first-order chi connectivity index (χ1) is 8.06. The normalized spacial score (nSPS) is 9.29. The van der Waals surface area contributed by atoms with Crippen molar-refractivity contribution in [1.82, 2.24) is 0 Å². The van der Waals surface area contributed by atoms with E-state index in [2.05, 4.69) is 15.9 Å². The van der Waals surface area contributed by atoms with Gasteiger partial charge in [0.05, 0.1) is 6.10 Å². The van der Waals surface area contributed by atoms with Crippen LogP contribution in [0.4, 0.5) is 0 Å². The third-order valence-electron chi connectivity index (χ3n) is 1.88. The molecule has 0 amide bonds. The molecule has 0 aliphatic carbocycles. The van der Waals surface area contributed by atoms with Crippen LogP contribution in [-0.4, -0.2) is 6.10 Å². The Morgan fingerprint density at radius 1 is 1.35 bits per heavy atom. The van der Waals surface area contributed by atoms with Crippen LogP contribution in [0, 0.1) is 22.7 Å². The summed E-state index contributed by atoms with van der Waals surface area (Å²) in [5, 5.41) is 17.4. The second-order valence-corrected chi connectivity index (χ2v) is 4.49. The van der Waals surface area contributed by atoms with Crippen molar-refractivity contribution in [3.05, 3.63) is 33.8 Å². The highest BCUT2D eigenvalue weighted by atomic mass is 79.9. The van der Waals surface area contributed by atoms with E-state index >= 15 is 0 Å². The topological polar surface area (TPSA) is 56.8 Å². The van der Waals surface area contributed by atoms with Gasteiger partial charge >= 0.3 is 0 Å². The van der Waals surface area contributed by atoms with E-state index in [1.54, 1.807) is 6.07 Å². The summed E-state index contributed by atoms with van der Waals surface area (Å²) in [6.45, 7) is 3.88. The second-order valence-electron chi connectivity index (χ2n) is 3.63. The lowest BCUT2D eigenvalue weighted by Crippen LogP contribution is -2.05. The first kappa shape index (κ1) is 13.3. The minimum Gasteiger partial charge on any atom is -0.491 e. The van der Waals surface area contributed by atoms with Crippen LogP contribution in [0.3, 0.4) is 0 Å². The molecule has 0 aliphatic heterocycles. The summed E-state index contributed by atoms with van der Waals surface area (Å²) in [5.41, 5.74) is 0.814. The number of allylic oxidation sites excluding steroid dienone is 1. The summed E-state index contributed by atoms with van der Waals surface area (Å²) in [6, 6.07) is 9.10. The Hall–Kier alpha value is -1.78. The molecule has 86 valence electrons. The second kappa shape index (κ2) is 6.08. The van der Waals surface area contributed by atoms with Gasteiger partial charge in [0.15, 0.2) is 0 Å². The molecular formula is C13H11BrN2O. The number of benzene rings is 1. The zero-order valence-corrected chi connectivity index (χ0v) is 11.2. The minimum absolute atomic E-state index is 0.0624. The molecule has 1 aromatic carbocycles. The molecule has 0 aromatic heterocycles. The molecule has 1 aromatic rings. The molecule has 4 heteroatoms. The Morgan fingerprint density at radius 3 is 2.53 bits per heavy atom. The lowest BCUT2D eigenvalue weighted by Gasteiger charge is -2.10. The summed E-state index contributed by atoms with van der Waals surface area (Å²) < 4.78 is 6.36. The molecular weight excluding hydrogens is 280 g/mol. The molecule has 0 saturated heterocycles. The van der Waals surface area contributed by atoms with Crippen LogP contribution in [0.5, 0.6) is 5.75 Å². The van der Waals surface area contributed by atoms with Gasteiger partial charge in [-0.3, -0.25) is 0 Å².